The molecule has 2 rings (SSSR count). The Labute approximate surface area is 145 Å². The number of ether oxygens (including phenoxy) is 2. The number of hydrogen-bond donors (Lipinski definition) is 1. The van der Waals surface area contributed by atoms with E-state index in [9.17, 15) is 26.7 Å². The second-order valence-electron chi connectivity index (χ2n) is 5.22. The Morgan fingerprint density at radius 3 is 2.27 bits per heavy atom. The minimum atomic E-state index is -4.82. The maximum Gasteiger partial charge on any atom is 0.573 e. The Bertz CT molecular complexity index is 747. The van der Waals surface area contributed by atoms with Crippen LogP contribution in [0.5, 0.6) is 11.5 Å². The first-order chi connectivity index (χ1) is 12.1. The normalized spacial score (nSPS) is 12.6. The van der Waals surface area contributed by atoms with Crippen molar-refractivity contribution in [1.82, 2.24) is 5.32 Å². The first kappa shape index (κ1) is 19.5. The van der Waals surface area contributed by atoms with Gasteiger partial charge in [-0.25, -0.2) is 0 Å². The smallest absolute Gasteiger partial charge is 0.435 e. The largest absolute Gasteiger partial charge is 0.573 e. The van der Waals surface area contributed by atoms with Gasteiger partial charge in [-0.2, -0.15) is 8.78 Å². The number of benzene rings is 2. The zero-order valence-electron chi connectivity index (χ0n) is 13.4. The molecule has 0 saturated heterocycles. The summed E-state index contributed by atoms with van der Waals surface area (Å²) in [6.45, 7) is -1.34. The first-order valence-electron chi connectivity index (χ1n) is 7.35. The van der Waals surface area contributed by atoms with Crippen molar-refractivity contribution in [3.05, 3.63) is 59.7 Å². The van der Waals surface area contributed by atoms with Gasteiger partial charge >= 0.3 is 13.0 Å². The van der Waals surface area contributed by atoms with Gasteiger partial charge in [0, 0.05) is 5.56 Å². The lowest BCUT2D eigenvalue weighted by Crippen LogP contribution is -2.26. The third kappa shape index (κ3) is 5.91. The number of halogens is 5. The Kier molecular flexibility index (Phi) is 6.01. The lowest BCUT2D eigenvalue weighted by molar-refractivity contribution is -0.274. The molecule has 4 nitrogen and oxygen atoms in total. The van der Waals surface area contributed by atoms with E-state index < -0.39 is 30.7 Å². The molecule has 0 aliphatic rings. The van der Waals surface area contributed by atoms with Gasteiger partial charge in [-0.15, -0.1) is 13.2 Å². The van der Waals surface area contributed by atoms with Crippen LogP contribution >= 0.6 is 0 Å². The summed E-state index contributed by atoms with van der Waals surface area (Å²) in [6.07, 6.45) is -4.82. The maximum atomic E-state index is 12.2. The second-order valence-corrected chi connectivity index (χ2v) is 5.22. The third-order valence-electron chi connectivity index (χ3n) is 3.28. The zero-order valence-corrected chi connectivity index (χ0v) is 13.4. The average Bonchev–Trinajstić information content (AvgIpc) is 2.53. The van der Waals surface area contributed by atoms with Crippen molar-refractivity contribution >= 4 is 5.91 Å². The van der Waals surface area contributed by atoms with Crippen molar-refractivity contribution in [3.63, 3.8) is 0 Å². The molecular formula is C17H14F5NO3. The van der Waals surface area contributed by atoms with Gasteiger partial charge < -0.3 is 14.8 Å². The molecule has 0 fully saturated rings. The van der Waals surface area contributed by atoms with Crippen molar-refractivity contribution in [2.45, 2.75) is 25.9 Å². The molecular weight excluding hydrogens is 361 g/mol. The third-order valence-corrected chi connectivity index (χ3v) is 3.28. The molecule has 0 saturated carbocycles. The van der Waals surface area contributed by atoms with Crippen molar-refractivity contribution in [2.24, 2.45) is 0 Å². The molecule has 140 valence electrons. The minimum absolute atomic E-state index is 0.0488. The predicted molar refractivity (Wildman–Crippen MR) is 82.1 cm³/mol. The van der Waals surface area contributed by atoms with Crippen LogP contribution in [0.2, 0.25) is 0 Å². The Morgan fingerprint density at radius 1 is 1.04 bits per heavy atom. The van der Waals surface area contributed by atoms with Crippen LogP contribution in [0.3, 0.4) is 0 Å². The standard InChI is InChI=1S/C17H14F5NO3/c1-10(12-3-2-4-14(9-12)25-16(18)19)23-15(24)11-5-7-13(8-6-11)26-17(20,21)22/h2-10,16H,1H3,(H,23,24). The quantitative estimate of drug-likeness (QED) is 0.746. The first-order valence-corrected chi connectivity index (χ1v) is 7.35. The molecule has 1 unspecified atom stereocenters. The number of amides is 1. The van der Waals surface area contributed by atoms with Gasteiger partial charge in [0.2, 0.25) is 0 Å². The summed E-state index contributed by atoms with van der Waals surface area (Å²) in [5.74, 6) is -1.04. The molecule has 0 bridgehead atoms. The summed E-state index contributed by atoms with van der Waals surface area (Å²) in [5, 5.41) is 2.62. The van der Waals surface area contributed by atoms with E-state index in [0.29, 0.717) is 5.56 Å². The highest BCUT2D eigenvalue weighted by Gasteiger charge is 2.31. The van der Waals surface area contributed by atoms with Crippen LogP contribution in [0, 0.1) is 0 Å². The van der Waals surface area contributed by atoms with Crippen molar-refractivity contribution < 1.29 is 36.2 Å². The fourth-order valence-electron chi connectivity index (χ4n) is 2.13. The van der Waals surface area contributed by atoms with Gasteiger partial charge in [-0.1, -0.05) is 12.1 Å². The number of rotatable bonds is 6. The Balaban J connectivity index is 2.02. The highest BCUT2D eigenvalue weighted by molar-refractivity contribution is 5.94. The van der Waals surface area contributed by atoms with Crippen LogP contribution in [0.15, 0.2) is 48.5 Å². The van der Waals surface area contributed by atoms with Gasteiger partial charge in [-0.05, 0) is 48.9 Å². The monoisotopic (exact) mass is 375 g/mol. The minimum Gasteiger partial charge on any atom is -0.435 e. The van der Waals surface area contributed by atoms with Crippen LogP contribution < -0.4 is 14.8 Å². The predicted octanol–water partition coefficient (Wildman–Crippen LogP) is 4.68. The summed E-state index contributed by atoms with van der Waals surface area (Å²) < 4.78 is 68.9. The average molecular weight is 375 g/mol. The lowest BCUT2D eigenvalue weighted by atomic mass is 10.1. The van der Waals surface area contributed by atoms with Gasteiger partial charge in [0.05, 0.1) is 6.04 Å². The van der Waals surface area contributed by atoms with Crippen LogP contribution in [0.4, 0.5) is 22.0 Å². The topological polar surface area (TPSA) is 47.6 Å². The van der Waals surface area contributed by atoms with Crippen molar-refractivity contribution in [2.75, 3.05) is 0 Å². The fourth-order valence-corrected chi connectivity index (χ4v) is 2.13. The Morgan fingerprint density at radius 2 is 1.69 bits per heavy atom. The molecule has 1 N–H and O–H groups in total. The van der Waals surface area contributed by atoms with Crippen molar-refractivity contribution in [1.29, 1.82) is 0 Å². The SMILES string of the molecule is CC(NC(=O)c1ccc(OC(F)(F)F)cc1)c1cccc(OC(F)F)c1. The number of alkyl halides is 5. The lowest BCUT2D eigenvalue weighted by Gasteiger charge is -2.16. The molecule has 26 heavy (non-hydrogen) atoms. The van der Waals surface area contributed by atoms with Gasteiger partial charge in [-0.3, -0.25) is 4.79 Å². The molecule has 0 aromatic heterocycles. The van der Waals surface area contributed by atoms with Crippen LogP contribution in [0.25, 0.3) is 0 Å². The molecule has 0 spiro atoms. The van der Waals surface area contributed by atoms with E-state index in [4.69, 9.17) is 0 Å². The van der Waals surface area contributed by atoms with Gasteiger partial charge in [0.15, 0.2) is 0 Å². The molecule has 9 heteroatoms. The van der Waals surface area contributed by atoms with E-state index in [1.807, 2.05) is 0 Å². The molecule has 2 aromatic rings. The van der Waals surface area contributed by atoms with E-state index in [2.05, 4.69) is 14.8 Å². The molecule has 0 radical (unpaired) electrons. The summed E-state index contributed by atoms with van der Waals surface area (Å²) in [7, 11) is 0. The van der Waals surface area contributed by atoms with Crippen LogP contribution in [-0.4, -0.2) is 18.9 Å². The molecule has 0 aliphatic carbocycles. The maximum absolute atomic E-state index is 12.2. The summed E-state index contributed by atoms with van der Waals surface area (Å²) in [5.41, 5.74) is 0.639. The number of nitrogens with one attached hydrogen (secondary N) is 1. The van der Waals surface area contributed by atoms with E-state index in [1.165, 1.54) is 30.3 Å². The van der Waals surface area contributed by atoms with E-state index in [1.54, 1.807) is 13.0 Å². The molecule has 0 aliphatic heterocycles. The number of carbonyl (C=O) groups is 1. The molecule has 0 heterocycles. The van der Waals surface area contributed by atoms with E-state index in [0.717, 1.165) is 12.1 Å². The van der Waals surface area contributed by atoms with Gasteiger partial charge in [0.1, 0.15) is 11.5 Å². The summed E-state index contributed by atoms with van der Waals surface area (Å²) in [6, 6.07) is 9.67. The number of hydrogen-bond acceptors (Lipinski definition) is 3. The molecule has 1 amide bonds. The van der Waals surface area contributed by atoms with Gasteiger partial charge in [0.25, 0.3) is 5.91 Å². The highest BCUT2D eigenvalue weighted by atomic mass is 19.4. The Hall–Kier alpha value is -2.84. The van der Waals surface area contributed by atoms with E-state index >= 15 is 0 Å². The number of carbonyl (C=O) groups excluding carboxylic acids is 1. The van der Waals surface area contributed by atoms with E-state index in [-0.39, 0.29) is 11.3 Å². The second kappa shape index (κ2) is 8.03. The van der Waals surface area contributed by atoms with Crippen LogP contribution in [-0.2, 0) is 0 Å². The molecule has 1 atom stereocenters. The highest BCUT2D eigenvalue weighted by Crippen LogP contribution is 2.24. The van der Waals surface area contributed by atoms with Crippen LogP contribution in [0.1, 0.15) is 28.9 Å². The zero-order chi connectivity index (χ0) is 19.3. The van der Waals surface area contributed by atoms with Crippen molar-refractivity contribution in [3.8, 4) is 11.5 Å². The fraction of sp³-hybridized carbons (Fsp3) is 0.235. The summed E-state index contributed by atoms with van der Waals surface area (Å²) >= 11 is 0. The molecule has 2 aromatic carbocycles. The summed E-state index contributed by atoms with van der Waals surface area (Å²) in [4.78, 5) is 12.2.